The lowest BCUT2D eigenvalue weighted by molar-refractivity contribution is -0.00518. The Kier molecular flexibility index (Phi) is 8.29. The Balaban J connectivity index is 1.02. The van der Waals surface area contributed by atoms with Crippen molar-refractivity contribution in [2.75, 3.05) is 0 Å². The van der Waals surface area contributed by atoms with E-state index < -0.39 is 5.41 Å². The molecule has 292 valence electrons. The van der Waals surface area contributed by atoms with E-state index in [1.807, 2.05) is 12.1 Å². The average molecular weight is 785 g/mol. The minimum Gasteiger partial charge on any atom is -0.208 e. The van der Waals surface area contributed by atoms with Crippen LogP contribution in [0.4, 0.5) is 0 Å². The van der Waals surface area contributed by atoms with Gasteiger partial charge in [0.1, 0.15) is 0 Å². The quantitative estimate of drug-likeness (QED) is 0.161. The summed E-state index contributed by atoms with van der Waals surface area (Å²) in [5, 5.41) is 10.0. The molecule has 13 rings (SSSR count). The third kappa shape index (κ3) is 5.82. The lowest BCUT2D eigenvalue weighted by atomic mass is 9.48. The first kappa shape index (κ1) is 35.9. The Morgan fingerprint density at radius 1 is 0.410 bits per heavy atom. The van der Waals surface area contributed by atoms with Crippen LogP contribution in [-0.2, 0) is 10.8 Å². The molecule has 1 heterocycles. The fourth-order valence-electron chi connectivity index (χ4n) is 12.4. The van der Waals surface area contributed by atoms with Crippen LogP contribution in [-0.4, -0.2) is 15.0 Å². The van der Waals surface area contributed by atoms with Gasteiger partial charge in [0.05, 0.1) is 17.0 Å². The number of hydrogen-bond donors (Lipinski definition) is 0. The molecule has 61 heavy (non-hydrogen) atoms. The molecule has 4 saturated carbocycles. The molecule has 4 fully saturated rings. The van der Waals surface area contributed by atoms with Gasteiger partial charge < -0.3 is 0 Å². The van der Waals surface area contributed by atoms with E-state index in [2.05, 4.69) is 170 Å². The van der Waals surface area contributed by atoms with Crippen molar-refractivity contribution >= 4 is 0 Å². The number of rotatable bonds is 7. The van der Waals surface area contributed by atoms with Gasteiger partial charge in [-0.2, -0.15) is 5.26 Å². The first-order chi connectivity index (χ1) is 30.1. The van der Waals surface area contributed by atoms with E-state index in [4.69, 9.17) is 15.0 Å². The van der Waals surface area contributed by atoms with Crippen LogP contribution in [0.25, 0.3) is 56.4 Å². The number of aromatic nitrogens is 3. The molecule has 0 aliphatic heterocycles. The zero-order valence-corrected chi connectivity index (χ0v) is 34.0. The average Bonchev–Trinajstić information content (AvgIpc) is 3.62. The van der Waals surface area contributed by atoms with E-state index >= 15 is 0 Å². The van der Waals surface area contributed by atoms with Crippen LogP contribution in [0.15, 0.2) is 176 Å². The number of nitriles is 1. The summed E-state index contributed by atoms with van der Waals surface area (Å²) in [4.78, 5) is 15.8. The van der Waals surface area contributed by atoms with Gasteiger partial charge in [0.25, 0.3) is 0 Å². The van der Waals surface area contributed by atoms with Gasteiger partial charge in [-0.1, -0.05) is 152 Å². The standard InChI is InChI=1S/C57H44N4/c58-36-37-11-9-18-48(30-37)57(47-16-5-2-6-17-47)51-20-8-7-19-49(51)50-32-45(23-26-52(50)57)55-60-53(59-54(61-55)44-15-10-14-43(31-44)41-12-3-1-4-13-41)42-21-24-46(25-22-42)56-33-38-27-39(34-56)29-40(28-38)35-56/h1-26,30-32,38-40H,27-29,33-35H2. The molecule has 4 heteroatoms. The second-order valence-electron chi connectivity index (χ2n) is 18.1. The molecule has 0 saturated heterocycles. The highest BCUT2D eigenvalue weighted by atomic mass is 15.0. The highest BCUT2D eigenvalue weighted by Gasteiger charge is 2.51. The van der Waals surface area contributed by atoms with Crippen molar-refractivity contribution in [1.29, 1.82) is 5.26 Å². The Morgan fingerprint density at radius 3 is 1.66 bits per heavy atom. The van der Waals surface area contributed by atoms with Crippen LogP contribution in [0.5, 0.6) is 0 Å². The van der Waals surface area contributed by atoms with Gasteiger partial charge in [-0.3, -0.25) is 0 Å². The maximum absolute atomic E-state index is 10.0. The van der Waals surface area contributed by atoms with Gasteiger partial charge in [-0.05, 0) is 136 Å². The van der Waals surface area contributed by atoms with Crippen molar-refractivity contribution in [3.8, 4) is 62.5 Å². The van der Waals surface area contributed by atoms with Crippen molar-refractivity contribution < 1.29 is 0 Å². The Bertz CT molecular complexity index is 2980. The second-order valence-corrected chi connectivity index (χ2v) is 18.1. The van der Waals surface area contributed by atoms with Crippen molar-refractivity contribution in [3.63, 3.8) is 0 Å². The van der Waals surface area contributed by atoms with Crippen molar-refractivity contribution in [2.45, 2.75) is 49.4 Å². The minimum absolute atomic E-state index is 0.326. The molecule has 1 unspecified atom stereocenters. The van der Waals surface area contributed by atoms with Gasteiger partial charge in [0.15, 0.2) is 17.5 Å². The largest absolute Gasteiger partial charge is 0.208 e. The molecular weight excluding hydrogens is 741 g/mol. The van der Waals surface area contributed by atoms with Gasteiger partial charge in [0.2, 0.25) is 0 Å². The van der Waals surface area contributed by atoms with E-state index in [1.54, 1.807) is 0 Å². The predicted molar refractivity (Wildman–Crippen MR) is 243 cm³/mol. The summed E-state index contributed by atoms with van der Waals surface area (Å²) < 4.78 is 0. The molecule has 4 nitrogen and oxygen atoms in total. The molecule has 7 aromatic carbocycles. The maximum atomic E-state index is 10.0. The van der Waals surface area contributed by atoms with E-state index in [9.17, 15) is 5.26 Å². The van der Waals surface area contributed by atoms with Crippen LogP contribution in [0.3, 0.4) is 0 Å². The van der Waals surface area contributed by atoms with Crippen molar-refractivity contribution in [1.82, 2.24) is 15.0 Å². The molecule has 1 aromatic heterocycles. The van der Waals surface area contributed by atoms with Crippen LogP contribution in [0.1, 0.15) is 71.9 Å². The fourth-order valence-corrected chi connectivity index (χ4v) is 12.4. The zero-order valence-electron chi connectivity index (χ0n) is 34.0. The molecule has 5 aliphatic rings. The number of nitrogens with zero attached hydrogens (tertiary/aromatic N) is 4. The molecule has 8 aromatic rings. The lowest BCUT2D eigenvalue weighted by Gasteiger charge is -2.57. The molecular formula is C57H44N4. The summed E-state index contributed by atoms with van der Waals surface area (Å²) in [5.41, 5.74) is 13.9. The topological polar surface area (TPSA) is 62.5 Å². The van der Waals surface area contributed by atoms with Crippen LogP contribution >= 0.6 is 0 Å². The Hall–Kier alpha value is -6.96. The second kappa shape index (κ2) is 14.1. The van der Waals surface area contributed by atoms with E-state index in [1.165, 1.54) is 55.2 Å². The van der Waals surface area contributed by atoms with Crippen molar-refractivity contribution in [2.24, 2.45) is 17.8 Å². The molecule has 1 atom stereocenters. The first-order valence-corrected chi connectivity index (χ1v) is 21.9. The SMILES string of the molecule is N#Cc1cccc(C2(c3ccccc3)c3ccccc3-c3cc(-c4nc(-c5ccc(C67CC8CC(CC(C8)C6)C7)cc5)nc(-c5cccc(-c6ccccc6)c5)n4)ccc32)c1. The molecule has 0 spiro atoms. The lowest BCUT2D eigenvalue weighted by Crippen LogP contribution is -2.48. The Labute approximate surface area is 357 Å². The number of hydrogen-bond acceptors (Lipinski definition) is 4. The normalized spacial score (nSPS) is 23.0. The van der Waals surface area contributed by atoms with E-state index in [0.717, 1.165) is 67.8 Å². The van der Waals surface area contributed by atoms with E-state index in [0.29, 0.717) is 28.5 Å². The summed E-state index contributed by atoms with van der Waals surface area (Å²) in [7, 11) is 0. The molecule has 0 N–H and O–H groups in total. The third-order valence-corrected chi connectivity index (χ3v) is 14.6. The van der Waals surface area contributed by atoms with Gasteiger partial charge in [0, 0.05) is 16.7 Å². The summed E-state index contributed by atoms with van der Waals surface area (Å²) in [6.45, 7) is 0. The van der Waals surface area contributed by atoms with Gasteiger partial charge in [-0.15, -0.1) is 0 Å². The van der Waals surface area contributed by atoms with Gasteiger partial charge in [-0.25, -0.2) is 15.0 Å². The minimum atomic E-state index is -0.621. The highest BCUT2D eigenvalue weighted by Crippen LogP contribution is 2.61. The summed E-state index contributed by atoms with van der Waals surface area (Å²) in [6, 6.07) is 64.9. The molecule has 5 aliphatic carbocycles. The monoisotopic (exact) mass is 784 g/mol. The molecule has 4 bridgehead atoms. The van der Waals surface area contributed by atoms with Gasteiger partial charge >= 0.3 is 0 Å². The van der Waals surface area contributed by atoms with Crippen LogP contribution < -0.4 is 0 Å². The summed E-state index contributed by atoms with van der Waals surface area (Å²) in [5.74, 6) is 4.65. The number of fused-ring (bicyclic) bond motifs is 3. The first-order valence-electron chi connectivity index (χ1n) is 21.9. The maximum Gasteiger partial charge on any atom is 0.164 e. The third-order valence-electron chi connectivity index (χ3n) is 14.6. The summed E-state index contributed by atoms with van der Waals surface area (Å²) in [6.07, 6.45) is 8.34. The fraction of sp³-hybridized carbons (Fsp3) is 0.193. The highest BCUT2D eigenvalue weighted by molar-refractivity contribution is 5.88. The Morgan fingerprint density at radius 2 is 0.951 bits per heavy atom. The predicted octanol–water partition coefficient (Wildman–Crippen LogP) is 13.2. The zero-order chi connectivity index (χ0) is 40.5. The van der Waals surface area contributed by atoms with E-state index in [-0.39, 0.29) is 0 Å². The molecule has 0 radical (unpaired) electrons. The van der Waals surface area contributed by atoms with Crippen molar-refractivity contribution in [3.05, 3.63) is 209 Å². The van der Waals surface area contributed by atoms with Crippen LogP contribution in [0.2, 0.25) is 0 Å². The van der Waals surface area contributed by atoms with Crippen LogP contribution in [0, 0.1) is 29.1 Å². The molecule has 0 amide bonds. The number of benzene rings is 7. The smallest absolute Gasteiger partial charge is 0.164 e. The summed E-state index contributed by atoms with van der Waals surface area (Å²) >= 11 is 0.